The third-order valence-electron chi connectivity index (χ3n) is 12.3. The number of carbonyl (C=O) groups excluding carboxylic acids is 7. The van der Waals surface area contributed by atoms with Gasteiger partial charge in [-0.3, -0.25) is 43.4 Å². The lowest BCUT2D eigenvalue weighted by Gasteiger charge is -2.20. The van der Waals surface area contributed by atoms with E-state index < -0.39 is 35.6 Å². The molecule has 0 radical (unpaired) electrons. The maximum Gasteiger partial charge on any atom is 0.326 e. The average molecular weight is 1240 g/mol. The number of carboxylic acid groups (broad SMARTS) is 2. The van der Waals surface area contributed by atoms with Gasteiger partial charge in [0.1, 0.15) is 25.0 Å². The third-order valence-corrected chi connectivity index (χ3v) is 16.0. The van der Waals surface area contributed by atoms with Crippen molar-refractivity contribution < 1.29 is 72.3 Å². The van der Waals surface area contributed by atoms with Crippen molar-refractivity contribution in [2.75, 3.05) is 79.0 Å². The number of H-pyrrole nitrogens is 1. The Bertz CT molecular complexity index is 1800. The van der Waals surface area contributed by atoms with E-state index in [0.29, 0.717) is 65.3 Å². The van der Waals surface area contributed by atoms with Crippen molar-refractivity contribution in [1.29, 1.82) is 0 Å². The van der Waals surface area contributed by atoms with Gasteiger partial charge in [-0.1, -0.05) is 106 Å². The molecule has 0 aliphatic rings. The SMILES string of the molecule is CC(=O)C(CCCCNC(=O)COCCOCCCC(=O)COCCOCCNC(=O)CC[C@@H](NC(=O)CCCCCCCCCCCCCCCCC(=O)O)C(=O)O)CN[C@@H](Cc1cnc[nH]1)C(=O)C(=O)CNPPI. The molecule has 0 spiro atoms. The molecule has 0 saturated heterocycles. The predicted octanol–water partition coefficient (Wildman–Crippen LogP) is 5.87. The number of carbonyl (C=O) groups is 9. The molecule has 0 saturated carbocycles. The normalized spacial score (nSPS) is 12.7. The molecule has 1 heterocycles. The second-order valence-electron chi connectivity index (χ2n) is 18.9. The van der Waals surface area contributed by atoms with E-state index in [4.69, 9.17) is 24.1 Å². The molecular formula is C52H90IN7O15P2. The number of hydrogen-bond donors (Lipinski definition) is 8. The van der Waals surface area contributed by atoms with Crippen molar-refractivity contribution in [3.63, 3.8) is 0 Å². The highest BCUT2D eigenvalue weighted by atomic mass is 127. The van der Waals surface area contributed by atoms with Gasteiger partial charge in [0.15, 0.2) is 5.78 Å². The molecule has 77 heavy (non-hydrogen) atoms. The maximum atomic E-state index is 13.0. The zero-order valence-corrected chi connectivity index (χ0v) is 49.5. The fourth-order valence-corrected chi connectivity index (χ4v) is 10.4. The lowest BCUT2D eigenvalue weighted by Crippen LogP contribution is -2.46. The van der Waals surface area contributed by atoms with E-state index in [1.165, 1.54) is 51.8 Å². The Labute approximate surface area is 471 Å². The summed E-state index contributed by atoms with van der Waals surface area (Å²) >= 11 is 2.22. The number of ketones is 4. The third kappa shape index (κ3) is 43.1. The van der Waals surface area contributed by atoms with E-state index in [1.807, 2.05) is 0 Å². The standard InChI is InChI=1S/C52H90IN7O15P2/c1-40(61)41(34-57-45(33-42-35-54-39-58-42)51(69)46(63)36-59-77-76-53)19-16-17-25-55-49(66)38-75-32-29-72-27-18-20-43(62)37-74-31-30-73-28-26-56-47(64)24-23-44(52(70)71)60-48(65)21-14-12-10-8-6-4-2-3-5-7-9-11-13-15-22-50(67)68/h35,39,41,44-45,57,59,76-77H,2-34,36-38H2,1H3,(H,54,58)(H,55,66)(H,56,64)(H,60,65)(H,67,68)(H,70,71)/t41?,44-,45+/m1/s1. The van der Waals surface area contributed by atoms with Crippen LogP contribution in [0.15, 0.2) is 12.5 Å². The number of imidazole rings is 1. The number of amides is 3. The van der Waals surface area contributed by atoms with E-state index in [9.17, 15) is 48.3 Å². The summed E-state index contributed by atoms with van der Waals surface area (Å²) in [5.74, 6) is -3.83. The lowest BCUT2D eigenvalue weighted by molar-refractivity contribution is -0.142. The Morgan fingerprint density at radius 1 is 0.623 bits per heavy atom. The summed E-state index contributed by atoms with van der Waals surface area (Å²) in [6, 6.07) is -1.95. The highest BCUT2D eigenvalue weighted by Crippen LogP contribution is 2.40. The fourth-order valence-electron chi connectivity index (χ4n) is 7.91. The summed E-state index contributed by atoms with van der Waals surface area (Å²) in [5, 5.41) is 32.4. The molecule has 0 aliphatic heterocycles. The number of hydrogen-bond acceptors (Lipinski definition) is 16. The number of rotatable bonds is 56. The number of aliphatic carboxylic acids is 2. The quantitative estimate of drug-likeness (QED) is 0.0163. The summed E-state index contributed by atoms with van der Waals surface area (Å²) in [5.41, 5.74) is 0.696. The Morgan fingerprint density at radius 3 is 1.82 bits per heavy atom. The highest BCUT2D eigenvalue weighted by Gasteiger charge is 2.27. The van der Waals surface area contributed by atoms with Gasteiger partial charge in [0, 0.05) is 76.2 Å². The van der Waals surface area contributed by atoms with Crippen LogP contribution in [0.1, 0.15) is 160 Å². The molecule has 0 fully saturated rings. The van der Waals surface area contributed by atoms with Crippen LogP contribution in [0.25, 0.3) is 0 Å². The van der Waals surface area contributed by atoms with Gasteiger partial charge in [-0.25, -0.2) is 9.78 Å². The van der Waals surface area contributed by atoms with Crippen molar-refractivity contribution in [1.82, 2.24) is 36.3 Å². The van der Waals surface area contributed by atoms with E-state index >= 15 is 0 Å². The number of carboxylic acids is 2. The number of nitrogens with zero attached hydrogens (tertiary/aromatic N) is 1. The first-order chi connectivity index (χ1) is 37.2. The molecule has 8 N–H and O–H groups in total. The first-order valence-electron chi connectivity index (χ1n) is 27.4. The second kappa shape index (κ2) is 49.6. The summed E-state index contributed by atoms with van der Waals surface area (Å²) in [6.45, 7) is 3.48. The van der Waals surface area contributed by atoms with Crippen molar-refractivity contribution >= 4 is 89.2 Å². The van der Waals surface area contributed by atoms with Crippen LogP contribution >= 0.6 is 36.4 Å². The van der Waals surface area contributed by atoms with Gasteiger partial charge in [0.05, 0.1) is 51.9 Å². The molecule has 0 aromatic carbocycles. The lowest BCUT2D eigenvalue weighted by atomic mass is 9.96. The Hall–Kier alpha value is -3.41. The predicted molar refractivity (Wildman–Crippen MR) is 305 cm³/mol. The van der Waals surface area contributed by atoms with Crippen LogP contribution in [0.2, 0.25) is 0 Å². The molecule has 3 amide bonds. The van der Waals surface area contributed by atoms with E-state index in [2.05, 4.69) is 58.4 Å². The average Bonchev–Trinajstić information content (AvgIpc) is 3.92. The fraction of sp³-hybridized carbons (Fsp3) is 0.769. The second-order valence-corrected chi connectivity index (χ2v) is 25.9. The Morgan fingerprint density at radius 2 is 1.22 bits per heavy atom. The summed E-state index contributed by atoms with van der Waals surface area (Å²) in [7, 11) is 0.397. The zero-order chi connectivity index (χ0) is 56.6. The van der Waals surface area contributed by atoms with Gasteiger partial charge in [-0.15, -0.1) is 0 Å². The van der Waals surface area contributed by atoms with Gasteiger partial charge in [-0.2, -0.15) is 0 Å². The van der Waals surface area contributed by atoms with E-state index in [1.54, 1.807) is 6.20 Å². The maximum absolute atomic E-state index is 13.0. The first-order valence-corrected chi connectivity index (χ1v) is 33.6. The van der Waals surface area contributed by atoms with Crippen LogP contribution in [-0.4, -0.2) is 164 Å². The molecule has 25 heteroatoms. The molecule has 440 valence electrons. The van der Waals surface area contributed by atoms with E-state index in [0.717, 1.165) is 44.9 Å². The summed E-state index contributed by atoms with van der Waals surface area (Å²) in [6.07, 6.45) is 21.3. The molecule has 0 bridgehead atoms. The van der Waals surface area contributed by atoms with Crippen LogP contribution in [0.4, 0.5) is 0 Å². The molecule has 22 nitrogen and oxygen atoms in total. The van der Waals surface area contributed by atoms with Crippen LogP contribution in [0.5, 0.6) is 0 Å². The number of unbranched alkanes of at least 4 members (excludes halogenated alkanes) is 14. The number of ether oxygens (including phenoxy) is 4. The zero-order valence-electron chi connectivity index (χ0n) is 45.4. The Kier molecular flexibility index (Phi) is 46.1. The number of nitrogens with one attached hydrogen (secondary N) is 6. The first kappa shape index (κ1) is 71.6. The summed E-state index contributed by atoms with van der Waals surface area (Å²) < 4.78 is 21.7. The van der Waals surface area contributed by atoms with Gasteiger partial charge >= 0.3 is 11.9 Å². The number of aromatic amines is 1. The van der Waals surface area contributed by atoms with Crippen molar-refractivity contribution in [2.24, 2.45) is 5.92 Å². The smallest absolute Gasteiger partial charge is 0.326 e. The van der Waals surface area contributed by atoms with Gasteiger partial charge in [0.2, 0.25) is 29.3 Å². The van der Waals surface area contributed by atoms with Crippen molar-refractivity contribution in [3.8, 4) is 0 Å². The minimum Gasteiger partial charge on any atom is -0.481 e. The largest absolute Gasteiger partial charge is 0.481 e. The van der Waals surface area contributed by atoms with Crippen LogP contribution in [0, 0.1) is 5.92 Å². The van der Waals surface area contributed by atoms with Crippen LogP contribution < -0.4 is 26.4 Å². The molecular weight excluding hydrogens is 1150 g/mol. The molecule has 5 atom stereocenters. The number of Topliss-reactive ketones (excluding diaryl/α,β-unsaturated/α-hetero) is 4. The number of aromatic nitrogens is 2. The monoisotopic (exact) mass is 1240 g/mol. The topological polar surface area (TPSA) is 320 Å². The van der Waals surface area contributed by atoms with Crippen molar-refractivity contribution in [2.45, 2.75) is 173 Å². The van der Waals surface area contributed by atoms with Gasteiger partial charge in [0.25, 0.3) is 0 Å². The Balaban J connectivity index is 2.01. The highest BCUT2D eigenvalue weighted by molar-refractivity contribution is 14.2. The van der Waals surface area contributed by atoms with E-state index in [-0.39, 0.29) is 140 Å². The molecule has 1 rings (SSSR count). The minimum absolute atomic E-state index is 0.0307. The minimum atomic E-state index is -1.19. The summed E-state index contributed by atoms with van der Waals surface area (Å²) in [4.78, 5) is 116. The molecule has 0 aliphatic carbocycles. The molecule has 1 aromatic rings. The number of halogens is 1. The van der Waals surface area contributed by atoms with Gasteiger partial charge in [-0.05, 0) is 59.8 Å². The molecule has 3 unspecified atom stereocenters. The van der Waals surface area contributed by atoms with Crippen LogP contribution in [-0.2, 0) is 68.5 Å². The molecule has 1 aromatic heterocycles. The van der Waals surface area contributed by atoms with Gasteiger partial charge < -0.3 is 55.4 Å². The van der Waals surface area contributed by atoms with Crippen LogP contribution in [0.3, 0.4) is 0 Å². The van der Waals surface area contributed by atoms with Crippen molar-refractivity contribution in [3.05, 3.63) is 18.2 Å².